The van der Waals surface area contributed by atoms with Gasteiger partial charge in [-0.3, -0.25) is 9.97 Å². The fourth-order valence-corrected chi connectivity index (χ4v) is 12.6. The lowest BCUT2D eigenvalue weighted by Gasteiger charge is -2.22. The van der Waals surface area contributed by atoms with E-state index < -0.39 is 0 Å². The van der Waals surface area contributed by atoms with E-state index in [0.717, 1.165) is 56.2 Å². The van der Waals surface area contributed by atoms with E-state index in [9.17, 15) is 0 Å². The second-order valence-electron chi connectivity index (χ2n) is 22.8. The van der Waals surface area contributed by atoms with E-state index in [-0.39, 0.29) is 5.41 Å². The van der Waals surface area contributed by atoms with Crippen LogP contribution in [-0.2, 0) is 5.41 Å². The first-order valence-electron chi connectivity index (χ1n) is 29.6. The van der Waals surface area contributed by atoms with Crippen molar-refractivity contribution in [3.05, 3.63) is 290 Å². The molecule has 0 radical (unpaired) electrons. The van der Waals surface area contributed by atoms with E-state index in [2.05, 4.69) is 226 Å². The molecule has 0 saturated carbocycles. The summed E-state index contributed by atoms with van der Waals surface area (Å²) in [6, 6.07) is 93.0. The molecule has 0 aliphatic heterocycles. The van der Waals surface area contributed by atoms with Crippen LogP contribution in [0, 0.1) is 0 Å². The van der Waals surface area contributed by atoms with Gasteiger partial charge in [0.05, 0.1) is 22.8 Å². The first kappa shape index (κ1) is 52.7. The molecule has 0 saturated heterocycles. The van der Waals surface area contributed by atoms with Crippen molar-refractivity contribution in [3.8, 4) is 113 Å². The fraction of sp³-hybridized carbons (Fsp3) is 0.0380. The van der Waals surface area contributed by atoms with E-state index in [1.54, 1.807) is 12.4 Å². The van der Waals surface area contributed by atoms with Gasteiger partial charge >= 0.3 is 0 Å². The van der Waals surface area contributed by atoms with Gasteiger partial charge in [0, 0.05) is 28.9 Å². The highest BCUT2D eigenvalue weighted by Gasteiger charge is 2.37. The van der Waals surface area contributed by atoms with E-state index in [0.29, 0.717) is 35.0 Å². The maximum Gasteiger partial charge on any atom is 0.266 e. The summed E-state index contributed by atoms with van der Waals surface area (Å²) in [6.07, 6.45) is 3.49. The zero-order chi connectivity index (χ0) is 59.4. The number of rotatable bonds is 9. The predicted octanol–water partition coefficient (Wildman–Crippen LogP) is 19.6. The second-order valence-corrected chi connectivity index (χ2v) is 22.8. The van der Waals surface area contributed by atoms with Crippen LogP contribution in [0.2, 0.25) is 0 Å². The summed E-state index contributed by atoms with van der Waals surface area (Å²) in [5.74, 6) is 1.54. The van der Waals surface area contributed by atoms with E-state index in [4.69, 9.17) is 18.8 Å². The number of nitrogens with zero attached hydrogens (tertiary/aromatic N) is 8. The maximum absolute atomic E-state index is 6.16. The minimum atomic E-state index is -0.320. The number of hydrogen-bond donors (Lipinski definition) is 0. The normalized spacial score (nSPS) is 12.2. The van der Waals surface area contributed by atoms with Crippen LogP contribution in [-0.4, -0.2) is 40.3 Å². The predicted molar refractivity (Wildman–Crippen MR) is 356 cm³/mol. The molecular weight excluding hydrogens is 1090 g/mol. The second kappa shape index (κ2) is 21.9. The van der Waals surface area contributed by atoms with Crippen LogP contribution >= 0.6 is 0 Å². The lowest BCUT2D eigenvalue weighted by Crippen LogP contribution is -2.15. The molecule has 6 heterocycles. The zero-order valence-electron chi connectivity index (χ0n) is 48.5. The molecule has 1 aliphatic carbocycles. The zero-order valence-corrected chi connectivity index (χ0v) is 48.5. The molecule has 420 valence electrons. The van der Waals surface area contributed by atoms with E-state index in [1.165, 1.54) is 76.5 Å². The number of fused-ring (bicyclic) bond motifs is 7. The summed E-state index contributed by atoms with van der Waals surface area (Å²) < 4.78 is 12.3. The highest BCUT2D eigenvalue weighted by atomic mass is 16.4. The van der Waals surface area contributed by atoms with Crippen LogP contribution in [0.5, 0.6) is 0 Å². The van der Waals surface area contributed by atoms with Crippen molar-refractivity contribution in [2.45, 2.75) is 19.3 Å². The highest BCUT2D eigenvalue weighted by Crippen LogP contribution is 2.51. The first-order valence-corrected chi connectivity index (χ1v) is 29.6. The molecule has 0 spiro atoms. The lowest BCUT2D eigenvalue weighted by molar-refractivity contribution is 0.581. The summed E-state index contributed by atoms with van der Waals surface area (Å²) in [5.41, 5.74) is 17.7. The van der Waals surface area contributed by atoms with Crippen LogP contribution in [0.25, 0.3) is 156 Å². The average Bonchev–Trinajstić information content (AvgIpc) is 1.78. The quantitative estimate of drug-likeness (QED) is 0.129. The third kappa shape index (κ3) is 9.65. The third-order valence-electron chi connectivity index (χ3n) is 17.0. The van der Waals surface area contributed by atoms with Crippen LogP contribution in [0.3, 0.4) is 0 Å². The van der Waals surface area contributed by atoms with Crippen LogP contribution in [0.1, 0.15) is 25.0 Å². The van der Waals surface area contributed by atoms with Gasteiger partial charge in [-0.15, -0.1) is 20.4 Å². The Kier molecular flexibility index (Phi) is 12.9. The van der Waals surface area contributed by atoms with E-state index >= 15 is 0 Å². The smallest absolute Gasteiger partial charge is 0.266 e. The molecule has 0 fully saturated rings. The van der Waals surface area contributed by atoms with Crippen LogP contribution < -0.4 is 0 Å². The number of hydrogen-bond acceptors (Lipinski definition) is 10. The van der Waals surface area contributed by atoms with Crippen molar-refractivity contribution < 1.29 is 8.83 Å². The Balaban J connectivity index is 0.000000146. The Labute approximate surface area is 512 Å². The lowest BCUT2D eigenvalue weighted by atomic mass is 9.81. The molecule has 10 nitrogen and oxygen atoms in total. The van der Waals surface area contributed by atoms with Crippen molar-refractivity contribution in [2.24, 2.45) is 0 Å². The van der Waals surface area contributed by atoms with Crippen molar-refractivity contribution >= 4 is 43.1 Å². The third-order valence-corrected chi connectivity index (χ3v) is 17.0. The van der Waals surface area contributed by atoms with Gasteiger partial charge in [-0.25, -0.2) is 9.97 Å². The van der Waals surface area contributed by atoms with Crippen molar-refractivity contribution in [1.82, 2.24) is 40.3 Å². The molecule has 6 aromatic heterocycles. The summed E-state index contributed by atoms with van der Waals surface area (Å²) in [6.45, 7) is 4.42. The summed E-state index contributed by atoms with van der Waals surface area (Å²) >= 11 is 0. The van der Waals surface area contributed by atoms with Gasteiger partial charge in [-0.05, 0) is 190 Å². The maximum atomic E-state index is 6.16. The Bertz CT molecular complexity index is 5200. The van der Waals surface area contributed by atoms with Crippen molar-refractivity contribution in [2.75, 3.05) is 0 Å². The number of pyridine rings is 4. The molecule has 16 aromatic rings. The average molecular weight is 1150 g/mol. The van der Waals surface area contributed by atoms with Gasteiger partial charge in [0.1, 0.15) is 11.4 Å². The summed E-state index contributed by atoms with van der Waals surface area (Å²) in [4.78, 5) is 18.2. The minimum absolute atomic E-state index is 0.320. The first-order chi connectivity index (χ1) is 43.8. The molecule has 0 atom stereocenters. The molecule has 10 aromatic carbocycles. The molecule has 17 rings (SSSR count). The molecule has 10 heteroatoms. The van der Waals surface area contributed by atoms with Crippen LogP contribution in [0.4, 0.5) is 0 Å². The summed E-state index contributed by atoms with van der Waals surface area (Å²) in [5, 5.41) is 27.6. The monoisotopic (exact) mass is 1140 g/mol. The molecular formula is C79H52N8O2. The molecule has 89 heavy (non-hydrogen) atoms. The van der Waals surface area contributed by atoms with Gasteiger partial charge in [0.2, 0.25) is 11.8 Å². The van der Waals surface area contributed by atoms with Crippen molar-refractivity contribution in [1.29, 1.82) is 0 Å². The van der Waals surface area contributed by atoms with Gasteiger partial charge in [0.25, 0.3) is 11.8 Å². The molecule has 0 N–H and O–H groups in total. The Morgan fingerprint density at radius 1 is 0.270 bits per heavy atom. The molecule has 0 bridgehead atoms. The fourth-order valence-electron chi connectivity index (χ4n) is 12.6. The summed E-state index contributed by atoms with van der Waals surface area (Å²) in [7, 11) is 0. The Hall–Kier alpha value is -11.9. The highest BCUT2D eigenvalue weighted by molar-refractivity contribution is 6.22. The molecule has 1 aliphatic rings. The number of aromatic nitrogens is 8. The van der Waals surface area contributed by atoms with Gasteiger partial charge in [0.15, 0.2) is 0 Å². The van der Waals surface area contributed by atoms with Gasteiger partial charge < -0.3 is 8.83 Å². The van der Waals surface area contributed by atoms with E-state index in [1.807, 2.05) is 84.9 Å². The van der Waals surface area contributed by atoms with Crippen LogP contribution in [0.15, 0.2) is 288 Å². The molecule has 0 amide bonds. The molecule has 0 unspecified atom stereocenters. The standard InChI is InChI=1S/C40H26.C39H26N8O2/c1-2-10-27(11-3-1)32-22-23-37-38(26-32)40(34-21-19-29-13-5-7-15-31(29)25-34)36-17-9-8-16-35(36)39(37)33-20-18-28-12-4-6-14-30(28)24-33;1-39(2)27-21-23(35-44-46-37(48-35)33-13-7-11-31(42-33)29-9-3-5-19-40-29)15-17-25(27)26-18-16-24(22-28(26)39)36-45-47-38(49-36)34-14-8-12-32(43-34)30-10-4-6-20-41-30/h1-26H;3-22H,1-2H3. The Morgan fingerprint density at radius 3 is 1.20 bits per heavy atom. The Morgan fingerprint density at radius 2 is 0.685 bits per heavy atom. The minimum Gasteiger partial charge on any atom is -0.415 e. The SMILES string of the molecule is CC1(C)c2cc(-c3nnc(-c4cccc(-c5ccccn5)n4)o3)ccc2-c2ccc(-c3nnc(-c4cccc(-c5ccccn5)n4)o3)cc21.c1ccc(-c2ccc3c(-c4ccc5ccccc5c4)c4ccccc4c(-c4ccc5ccccc5c4)c3c2)cc1. The van der Waals surface area contributed by atoms with Crippen molar-refractivity contribution in [3.63, 3.8) is 0 Å². The van der Waals surface area contributed by atoms with Gasteiger partial charge in [-0.2, -0.15) is 0 Å². The largest absolute Gasteiger partial charge is 0.415 e. The topological polar surface area (TPSA) is 129 Å². The van der Waals surface area contributed by atoms with Gasteiger partial charge in [-0.1, -0.05) is 190 Å². The number of benzene rings is 10.